The third kappa shape index (κ3) is 9.13. The van der Waals surface area contributed by atoms with Crippen molar-refractivity contribution in [1.82, 2.24) is 30.1 Å². The van der Waals surface area contributed by atoms with Gasteiger partial charge in [0.15, 0.2) is 5.82 Å². The molecule has 12 rings (SSSR count). The van der Waals surface area contributed by atoms with E-state index < -0.39 is 34.6 Å². The largest absolute Gasteiger partial charge is 0.508 e. The number of rotatable bonds is 12. The Hall–Kier alpha value is -6.04. The molecule has 2 atom stereocenters. The maximum Gasteiger partial charge on any atom is 0.319 e. The van der Waals surface area contributed by atoms with Gasteiger partial charge in [0.05, 0.1) is 23.0 Å². The third-order valence-electron chi connectivity index (χ3n) is 18.2. The number of benzene rings is 3. The molecule has 15 nitrogen and oxygen atoms in total. The van der Waals surface area contributed by atoms with Gasteiger partial charge in [-0.1, -0.05) is 13.0 Å². The summed E-state index contributed by atoms with van der Waals surface area (Å²) in [6.07, 6.45) is 10.8. The number of carbonyl (C=O) groups is 3. The van der Waals surface area contributed by atoms with Crippen LogP contribution in [0.4, 0.5) is 26.0 Å². The van der Waals surface area contributed by atoms with Gasteiger partial charge in [0, 0.05) is 87.3 Å². The highest BCUT2D eigenvalue weighted by atomic mass is 19.1. The molecular weight excluding hydrogens is 957 g/mol. The number of aliphatic hydroxyl groups is 1. The molecule has 3 N–H and O–H groups in total. The number of likely N-dealkylation sites (tertiary alicyclic amines) is 1. The molecule has 1 unspecified atom stereocenters. The molecule has 3 aromatic carbocycles. The Bertz CT molecular complexity index is 3120. The molecule has 5 aromatic rings. The fourth-order valence-electron chi connectivity index (χ4n) is 13.8. The van der Waals surface area contributed by atoms with Gasteiger partial charge in [-0.05, 0) is 168 Å². The van der Waals surface area contributed by atoms with Gasteiger partial charge < -0.3 is 29.6 Å². The maximum absolute atomic E-state index is 17.2. The van der Waals surface area contributed by atoms with E-state index in [9.17, 15) is 24.6 Å². The van der Waals surface area contributed by atoms with Gasteiger partial charge in [-0.3, -0.25) is 34.5 Å². The summed E-state index contributed by atoms with van der Waals surface area (Å²) in [4.78, 5) is 63.8. The van der Waals surface area contributed by atoms with E-state index in [0.29, 0.717) is 77.8 Å². The second kappa shape index (κ2) is 18.6. The fourth-order valence-corrected chi connectivity index (χ4v) is 13.8. The number of aryl methyl sites for hydroxylation is 1. The zero-order chi connectivity index (χ0) is 52.2. The second-order valence-corrected chi connectivity index (χ2v) is 24.1. The minimum atomic E-state index is -0.964. The number of hydrogen-bond acceptors (Lipinski definition) is 13. The average molecular weight is 1030 g/mol. The highest BCUT2D eigenvalue weighted by Gasteiger charge is 2.51. The topological polar surface area (TPSA) is 168 Å². The number of hydrogen-bond donors (Lipinski definition) is 3. The predicted octanol–water partition coefficient (Wildman–Crippen LogP) is 7.65. The molecule has 3 amide bonds. The summed E-state index contributed by atoms with van der Waals surface area (Å²) in [5, 5.41) is 25.8. The SMILES string of the molecule is CCc1c(F)ccc2cc(O)cc(-c3ncc4c(N5CCC[C@@](C)(O)C5)nc(OCC5(CN6CCC7(CC6)CC(CN6CCN(c8ccc9c(c8)C(C)(C)C(=O)N9C8CCC(=O)NC8=O)CC6)C7)CC5)nc4c3F)c12. The normalized spacial score (nSPS) is 24.8. The van der Waals surface area contributed by atoms with Crippen LogP contribution >= 0.6 is 0 Å². The summed E-state index contributed by atoms with van der Waals surface area (Å²) in [7, 11) is 0. The maximum atomic E-state index is 17.2. The van der Waals surface area contributed by atoms with Crippen LogP contribution in [-0.2, 0) is 26.2 Å². The van der Waals surface area contributed by atoms with Gasteiger partial charge in [-0.2, -0.15) is 9.97 Å². The number of imide groups is 1. The van der Waals surface area contributed by atoms with E-state index in [0.717, 1.165) is 88.6 Å². The molecular formula is C58H69F2N9O6. The fraction of sp³-hybridized carbons (Fsp3) is 0.552. The minimum Gasteiger partial charge on any atom is -0.508 e. The molecule has 2 aliphatic carbocycles. The minimum absolute atomic E-state index is 0.0185. The number of nitrogens with one attached hydrogen (secondary N) is 1. The van der Waals surface area contributed by atoms with Crippen molar-refractivity contribution in [3.8, 4) is 23.0 Å². The number of carbonyl (C=O) groups excluding carboxylic acids is 3. The van der Waals surface area contributed by atoms with Crippen LogP contribution in [0.25, 0.3) is 32.9 Å². The lowest BCUT2D eigenvalue weighted by Crippen LogP contribution is -2.55. The number of nitrogens with zero attached hydrogens (tertiary/aromatic N) is 8. The summed E-state index contributed by atoms with van der Waals surface area (Å²) in [5.41, 5.74) is 2.07. The zero-order valence-corrected chi connectivity index (χ0v) is 43.7. The number of piperazine rings is 1. The van der Waals surface area contributed by atoms with Crippen LogP contribution in [0.1, 0.15) is 103 Å². The molecule has 7 aliphatic rings. The number of pyridine rings is 1. The van der Waals surface area contributed by atoms with Crippen molar-refractivity contribution in [3.05, 3.63) is 71.4 Å². The highest BCUT2D eigenvalue weighted by Crippen LogP contribution is 2.54. The lowest BCUT2D eigenvalue weighted by atomic mass is 9.57. The Morgan fingerprint density at radius 1 is 0.867 bits per heavy atom. The first-order valence-electron chi connectivity index (χ1n) is 27.3. The van der Waals surface area contributed by atoms with Crippen molar-refractivity contribution in [2.24, 2.45) is 16.7 Å². The molecule has 0 bridgehead atoms. The number of piperidine rings is 3. The number of anilines is 3. The molecule has 1 spiro atoms. The van der Waals surface area contributed by atoms with E-state index in [-0.39, 0.29) is 52.2 Å². The first-order chi connectivity index (χ1) is 35.9. The number of fused-ring (bicyclic) bond motifs is 3. The van der Waals surface area contributed by atoms with Gasteiger partial charge in [0.25, 0.3) is 0 Å². The van der Waals surface area contributed by atoms with Crippen LogP contribution in [0, 0.1) is 28.4 Å². The van der Waals surface area contributed by atoms with Crippen LogP contribution < -0.4 is 24.8 Å². The average Bonchev–Trinajstić information content (AvgIpc) is 4.12. The van der Waals surface area contributed by atoms with Crippen LogP contribution in [0.5, 0.6) is 11.8 Å². The van der Waals surface area contributed by atoms with Gasteiger partial charge >= 0.3 is 6.01 Å². The number of phenols is 1. The number of aromatic hydroxyl groups is 1. The van der Waals surface area contributed by atoms with Crippen LogP contribution in [0.2, 0.25) is 0 Å². The standard InChI is InChI=1S/C58H69F2N9O6/c1-5-39-43(59)9-7-36-25-38(70)27-40(47(36)39)49-48(60)50-41(30-61-49)51(68-18-6-13-56(4,74)32-68)64-54(63-50)75-34-58(14-15-58)33-66-19-16-57(17-20-66)28-35(29-57)31-65-21-23-67(24-22-65)37-8-10-44-42(26-37)55(2,3)53(73)69(44)45-11-12-46(71)62-52(45)72/h7-10,25-27,30,35,45,70,74H,5-6,11-24,28-29,31-34H2,1-4H3,(H,62,71,72)/t45?,56-/m1/s1. The Balaban J connectivity index is 0.665. The van der Waals surface area contributed by atoms with Gasteiger partial charge in [-0.25, -0.2) is 8.78 Å². The smallest absolute Gasteiger partial charge is 0.319 e. The molecule has 4 saturated heterocycles. The quantitative estimate of drug-likeness (QED) is 0.104. The molecule has 75 heavy (non-hydrogen) atoms. The lowest BCUT2D eigenvalue weighted by Gasteiger charge is -2.54. The Morgan fingerprint density at radius 3 is 2.36 bits per heavy atom. The highest BCUT2D eigenvalue weighted by molar-refractivity contribution is 6.14. The van der Waals surface area contributed by atoms with Crippen molar-refractivity contribution in [2.75, 3.05) is 86.8 Å². The number of amides is 3. The van der Waals surface area contributed by atoms with Gasteiger partial charge in [0.2, 0.25) is 17.7 Å². The first kappa shape index (κ1) is 49.8. The van der Waals surface area contributed by atoms with Gasteiger partial charge in [0.1, 0.15) is 34.6 Å². The van der Waals surface area contributed by atoms with E-state index in [1.54, 1.807) is 30.2 Å². The molecule has 396 valence electrons. The second-order valence-electron chi connectivity index (χ2n) is 24.1. The molecule has 17 heteroatoms. The summed E-state index contributed by atoms with van der Waals surface area (Å²) in [6.45, 7) is 16.8. The number of phenolic OH excluding ortho intramolecular Hbond substituents is 1. The molecule has 2 aromatic heterocycles. The summed E-state index contributed by atoms with van der Waals surface area (Å²) < 4.78 is 38.9. The molecule has 7 heterocycles. The lowest BCUT2D eigenvalue weighted by molar-refractivity contribution is -0.136. The predicted molar refractivity (Wildman–Crippen MR) is 283 cm³/mol. The molecule has 0 radical (unpaired) electrons. The van der Waals surface area contributed by atoms with Crippen molar-refractivity contribution in [3.63, 3.8) is 0 Å². The van der Waals surface area contributed by atoms with E-state index in [4.69, 9.17) is 14.7 Å². The first-order valence-corrected chi connectivity index (χ1v) is 27.3. The Morgan fingerprint density at radius 2 is 1.64 bits per heavy atom. The van der Waals surface area contributed by atoms with Crippen molar-refractivity contribution < 1.29 is 38.1 Å². The molecule has 5 aliphatic heterocycles. The third-order valence-corrected chi connectivity index (χ3v) is 18.2. The molecule has 6 fully saturated rings. The van der Waals surface area contributed by atoms with E-state index in [1.165, 1.54) is 37.8 Å². The summed E-state index contributed by atoms with van der Waals surface area (Å²) in [6, 6.07) is 11.5. The van der Waals surface area contributed by atoms with Crippen molar-refractivity contribution in [2.45, 2.75) is 115 Å². The number of ether oxygens (including phenoxy) is 1. The van der Waals surface area contributed by atoms with Gasteiger partial charge in [-0.15, -0.1) is 0 Å². The van der Waals surface area contributed by atoms with Crippen molar-refractivity contribution >= 4 is 56.6 Å². The summed E-state index contributed by atoms with van der Waals surface area (Å²) >= 11 is 0. The van der Waals surface area contributed by atoms with Crippen molar-refractivity contribution in [1.29, 1.82) is 0 Å². The summed E-state index contributed by atoms with van der Waals surface area (Å²) in [5.74, 6) is -0.867. The number of halogens is 2. The Kier molecular flexibility index (Phi) is 12.4. The number of aromatic nitrogens is 3. The monoisotopic (exact) mass is 1030 g/mol. The number of β-amino-alcohol motifs (C(OH)–C–C–N with tert-alkyl or cyclic N) is 1. The van der Waals surface area contributed by atoms with E-state index in [1.807, 2.05) is 31.7 Å². The van der Waals surface area contributed by atoms with E-state index >= 15 is 8.78 Å². The molecule has 2 saturated carbocycles. The zero-order valence-electron chi connectivity index (χ0n) is 43.7. The van der Waals surface area contributed by atoms with Crippen LogP contribution in [-0.4, -0.2) is 136 Å². The van der Waals surface area contributed by atoms with Crippen LogP contribution in [0.15, 0.2) is 48.7 Å². The van der Waals surface area contributed by atoms with Crippen LogP contribution in [0.3, 0.4) is 0 Å². The van der Waals surface area contributed by atoms with E-state index in [2.05, 4.69) is 37.1 Å². The Labute approximate surface area is 436 Å².